The van der Waals surface area contributed by atoms with E-state index in [1.54, 1.807) is 42.3 Å². The van der Waals surface area contributed by atoms with Crippen molar-refractivity contribution >= 4 is 32.4 Å². The second kappa shape index (κ2) is 6.97. The highest BCUT2D eigenvalue weighted by Crippen LogP contribution is 2.37. The summed E-state index contributed by atoms with van der Waals surface area (Å²) in [4.78, 5) is 12.2. The lowest BCUT2D eigenvalue weighted by molar-refractivity contribution is 0.103. The van der Waals surface area contributed by atoms with E-state index in [0.29, 0.717) is 41.0 Å². The maximum absolute atomic E-state index is 13.3. The van der Waals surface area contributed by atoms with Gasteiger partial charge in [-0.3, -0.25) is 4.79 Å². The molecule has 0 fully saturated rings. The van der Waals surface area contributed by atoms with Crippen molar-refractivity contribution in [2.45, 2.75) is 18.0 Å². The molecule has 1 aliphatic heterocycles. The predicted molar refractivity (Wildman–Crippen MR) is 102 cm³/mol. The highest BCUT2D eigenvalue weighted by Gasteiger charge is 2.29. The quantitative estimate of drug-likeness (QED) is 0.642. The molecule has 9 nitrogen and oxygen atoms in total. The second-order valence-corrected chi connectivity index (χ2v) is 8.50. The highest BCUT2D eigenvalue weighted by molar-refractivity contribution is 7.89. The third kappa shape index (κ3) is 2.95. The summed E-state index contributed by atoms with van der Waals surface area (Å²) in [5.41, 5.74) is 1.10. The lowest BCUT2D eigenvalue weighted by Gasteiger charge is -2.18. The SMILES string of the molecule is COCCn1cnnc1CN(C)S(=O)(=O)c1ccc2c3c(cccc13)C(=O)N2. The molecular weight excluding hydrogens is 382 g/mol. The molecule has 2 aromatic carbocycles. The van der Waals surface area contributed by atoms with Gasteiger partial charge in [0.15, 0.2) is 0 Å². The Hall–Kier alpha value is -2.82. The third-order valence-corrected chi connectivity index (χ3v) is 6.64. The molecule has 0 aliphatic carbocycles. The topological polar surface area (TPSA) is 106 Å². The zero-order valence-corrected chi connectivity index (χ0v) is 16.2. The van der Waals surface area contributed by atoms with Gasteiger partial charge < -0.3 is 14.6 Å². The van der Waals surface area contributed by atoms with Crippen molar-refractivity contribution in [3.8, 4) is 0 Å². The van der Waals surface area contributed by atoms with Gasteiger partial charge in [-0.2, -0.15) is 4.31 Å². The number of hydrogen-bond acceptors (Lipinski definition) is 6. The largest absolute Gasteiger partial charge is 0.383 e. The molecule has 1 N–H and O–H groups in total. The van der Waals surface area contributed by atoms with Crippen LogP contribution < -0.4 is 5.32 Å². The minimum absolute atomic E-state index is 0.0617. The number of benzene rings is 2. The average Bonchev–Trinajstić information content (AvgIpc) is 3.25. The number of amides is 1. The van der Waals surface area contributed by atoms with Crippen molar-refractivity contribution in [1.29, 1.82) is 0 Å². The standard InChI is InChI=1S/C18H19N5O4S/c1-22(10-16-21-19-11-23(16)8-9-27-2)28(25,26)15-7-6-14-17-12(15)4-3-5-13(17)18(24)20-14/h3-7,11H,8-10H2,1-2H3,(H,20,24). The molecular formula is C18H19N5O4S. The second-order valence-electron chi connectivity index (χ2n) is 6.49. The van der Waals surface area contributed by atoms with Crippen LogP contribution in [0.25, 0.3) is 10.8 Å². The van der Waals surface area contributed by atoms with E-state index >= 15 is 0 Å². The van der Waals surface area contributed by atoms with Crippen LogP contribution in [0.2, 0.25) is 0 Å². The average molecular weight is 401 g/mol. The molecule has 1 amide bonds. The molecule has 1 aromatic heterocycles. The monoisotopic (exact) mass is 401 g/mol. The number of sulfonamides is 1. The van der Waals surface area contributed by atoms with E-state index in [1.807, 2.05) is 0 Å². The number of carbonyl (C=O) groups excluding carboxylic acids is 1. The van der Waals surface area contributed by atoms with Gasteiger partial charge in [0.25, 0.3) is 5.91 Å². The first-order valence-electron chi connectivity index (χ1n) is 8.62. The maximum atomic E-state index is 13.3. The van der Waals surface area contributed by atoms with E-state index in [-0.39, 0.29) is 17.3 Å². The zero-order valence-electron chi connectivity index (χ0n) is 15.4. The van der Waals surface area contributed by atoms with Gasteiger partial charge in [0, 0.05) is 42.7 Å². The number of anilines is 1. The van der Waals surface area contributed by atoms with Crippen LogP contribution in [0, 0.1) is 0 Å². The van der Waals surface area contributed by atoms with E-state index < -0.39 is 10.0 Å². The number of aromatic nitrogens is 3. The van der Waals surface area contributed by atoms with E-state index in [1.165, 1.54) is 17.4 Å². The maximum Gasteiger partial charge on any atom is 0.256 e. The lowest BCUT2D eigenvalue weighted by Crippen LogP contribution is -2.28. The van der Waals surface area contributed by atoms with Gasteiger partial charge in [-0.05, 0) is 18.2 Å². The van der Waals surface area contributed by atoms with Crippen molar-refractivity contribution in [3.05, 3.63) is 48.0 Å². The van der Waals surface area contributed by atoms with Crippen molar-refractivity contribution in [2.24, 2.45) is 0 Å². The molecule has 3 aromatic rings. The van der Waals surface area contributed by atoms with Crippen molar-refractivity contribution in [2.75, 3.05) is 26.1 Å². The Morgan fingerprint density at radius 1 is 1.25 bits per heavy atom. The summed E-state index contributed by atoms with van der Waals surface area (Å²) in [6.07, 6.45) is 1.55. The van der Waals surface area contributed by atoms with Gasteiger partial charge in [-0.25, -0.2) is 8.42 Å². The molecule has 0 atom stereocenters. The summed E-state index contributed by atoms with van der Waals surface area (Å²) in [5.74, 6) is 0.292. The number of nitrogens with one attached hydrogen (secondary N) is 1. The summed E-state index contributed by atoms with van der Waals surface area (Å²) in [6.45, 7) is 1.06. The van der Waals surface area contributed by atoms with Crippen molar-refractivity contribution in [3.63, 3.8) is 0 Å². The van der Waals surface area contributed by atoms with Crippen LogP contribution in [0.1, 0.15) is 16.2 Å². The Morgan fingerprint density at radius 2 is 2.07 bits per heavy atom. The minimum Gasteiger partial charge on any atom is -0.383 e. The highest BCUT2D eigenvalue weighted by atomic mass is 32.2. The van der Waals surface area contributed by atoms with E-state index in [4.69, 9.17) is 4.74 Å². The Bertz CT molecular complexity index is 1170. The van der Waals surface area contributed by atoms with Crippen LogP contribution in [-0.2, 0) is 27.8 Å². The fourth-order valence-corrected chi connectivity index (χ4v) is 4.63. The molecule has 2 heterocycles. The number of nitrogens with zero attached hydrogens (tertiary/aromatic N) is 4. The fourth-order valence-electron chi connectivity index (χ4n) is 3.32. The molecule has 0 spiro atoms. The van der Waals surface area contributed by atoms with Crippen molar-refractivity contribution in [1.82, 2.24) is 19.1 Å². The van der Waals surface area contributed by atoms with Crippen LogP contribution in [0.4, 0.5) is 5.69 Å². The van der Waals surface area contributed by atoms with E-state index in [2.05, 4.69) is 15.5 Å². The predicted octanol–water partition coefficient (Wildman–Crippen LogP) is 1.46. The number of carbonyl (C=O) groups is 1. The van der Waals surface area contributed by atoms with Crippen molar-refractivity contribution < 1.29 is 17.9 Å². The molecule has 28 heavy (non-hydrogen) atoms. The first-order chi connectivity index (χ1) is 13.4. The summed E-state index contributed by atoms with van der Waals surface area (Å²) in [6, 6.07) is 8.23. The number of methoxy groups -OCH3 is 1. The first kappa shape index (κ1) is 18.5. The van der Waals surface area contributed by atoms with E-state index in [9.17, 15) is 13.2 Å². The summed E-state index contributed by atoms with van der Waals surface area (Å²) in [5, 5.41) is 11.8. The summed E-state index contributed by atoms with van der Waals surface area (Å²) >= 11 is 0. The van der Waals surface area contributed by atoms with Gasteiger partial charge >= 0.3 is 0 Å². The fraction of sp³-hybridized carbons (Fsp3) is 0.278. The number of hydrogen-bond donors (Lipinski definition) is 1. The van der Waals surface area contributed by atoms with Crippen LogP contribution in [0.5, 0.6) is 0 Å². The molecule has 146 valence electrons. The Kier molecular flexibility index (Phi) is 4.61. The number of ether oxygens (including phenoxy) is 1. The molecule has 4 rings (SSSR count). The first-order valence-corrected chi connectivity index (χ1v) is 10.1. The molecule has 0 saturated carbocycles. The van der Waals surface area contributed by atoms with Gasteiger partial charge in [-0.15, -0.1) is 10.2 Å². The molecule has 0 radical (unpaired) electrons. The van der Waals surface area contributed by atoms with Gasteiger partial charge in [-0.1, -0.05) is 12.1 Å². The Balaban J connectivity index is 1.71. The van der Waals surface area contributed by atoms with Crippen LogP contribution in [0.3, 0.4) is 0 Å². The van der Waals surface area contributed by atoms with Gasteiger partial charge in [0.1, 0.15) is 12.2 Å². The lowest BCUT2D eigenvalue weighted by atomic mass is 10.1. The molecule has 0 unspecified atom stereocenters. The third-order valence-electron chi connectivity index (χ3n) is 4.78. The molecule has 0 saturated heterocycles. The zero-order chi connectivity index (χ0) is 19.9. The summed E-state index contributed by atoms with van der Waals surface area (Å²) < 4.78 is 34.6. The van der Waals surface area contributed by atoms with Crippen LogP contribution >= 0.6 is 0 Å². The normalized spacial score (nSPS) is 13.5. The van der Waals surface area contributed by atoms with Crippen LogP contribution in [0.15, 0.2) is 41.6 Å². The van der Waals surface area contributed by atoms with Gasteiger partial charge in [0.2, 0.25) is 10.0 Å². The Labute approximate surface area is 162 Å². The Morgan fingerprint density at radius 3 is 2.86 bits per heavy atom. The summed E-state index contributed by atoms with van der Waals surface area (Å²) in [7, 11) is -0.730. The van der Waals surface area contributed by atoms with E-state index in [0.717, 1.165) is 0 Å². The smallest absolute Gasteiger partial charge is 0.256 e. The minimum atomic E-state index is -3.82. The van der Waals surface area contributed by atoms with Gasteiger partial charge in [0.05, 0.1) is 18.0 Å². The molecule has 1 aliphatic rings. The molecule has 0 bridgehead atoms. The number of rotatable bonds is 7. The van der Waals surface area contributed by atoms with Crippen LogP contribution in [-0.4, -0.2) is 54.2 Å². The molecule has 10 heteroatoms.